The van der Waals surface area contributed by atoms with Crippen molar-refractivity contribution in [2.45, 2.75) is 45.6 Å². The molecule has 0 radical (unpaired) electrons. The SMILES string of the molecule is CC1CN(Cc2ccc(/C=C/c3n[nH]c4ccc(OC(C)c5c(Cl)cncc5Cl)cc34)cc2)CC(C)O1. The van der Waals surface area contributed by atoms with E-state index in [2.05, 4.69) is 64.3 Å². The molecule has 37 heavy (non-hydrogen) atoms. The van der Waals surface area contributed by atoms with Crippen molar-refractivity contribution >= 4 is 46.3 Å². The third-order valence-electron chi connectivity index (χ3n) is 6.49. The predicted octanol–water partition coefficient (Wildman–Crippen LogP) is 7.18. The Labute approximate surface area is 227 Å². The molecule has 0 spiro atoms. The highest BCUT2D eigenvalue weighted by atomic mass is 35.5. The van der Waals surface area contributed by atoms with Crippen LogP contribution in [0.1, 0.15) is 49.3 Å². The van der Waals surface area contributed by atoms with Crippen LogP contribution in [-0.2, 0) is 11.3 Å². The number of H-pyrrole nitrogens is 1. The van der Waals surface area contributed by atoms with Crippen molar-refractivity contribution in [3.8, 4) is 5.75 Å². The van der Waals surface area contributed by atoms with Gasteiger partial charge in [-0.05, 0) is 56.2 Å². The van der Waals surface area contributed by atoms with Gasteiger partial charge < -0.3 is 9.47 Å². The molecule has 1 N–H and O–H groups in total. The fourth-order valence-corrected chi connectivity index (χ4v) is 5.54. The van der Waals surface area contributed by atoms with Gasteiger partial charge in [-0.2, -0.15) is 5.10 Å². The summed E-state index contributed by atoms with van der Waals surface area (Å²) in [7, 11) is 0. The van der Waals surface area contributed by atoms with E-state index in [-0.39, 0.29) is 18.3 Å². The van der Waals surface area contributed by atoms with E-state index >= 15 is 0 Å². The molecule has 192 valence electrons. The molecule has 2 aromatic heterocycles. The third kappa shape index (κ3) is 6.16. The molecule has 1 saturated heterocycles. The van der Waals surface area contributed by atoms with Gasteiger partial charge in [-0.1, -0.05) is 53.5 Å². The van der Waals surface area contributed by atoms with E-state index in [0.717, 1.165) is 41.8 Å². The molecule has 1 aliphatic rings. The topological polar surface area (TPSA) is 63.3 Å². The Bertz CT molecular complexity index is 1370. The number of halogens is 2. The Morgan fingerprint density at radius 2 is 1.76 bits per heavy atom. The highest BCUT2D eigenvalue weighted by Crippen LogP contribution is 2.33. The number of morpholine rings is 1. The van der Waals surface area contributed by atoms with Crippen LogP contribution in [0.5, 0.6) is 5.75 Å². The van der Waals surface area contributed by atoms with Crippen LogP contribution in [0.2, 0.25) is 10.0 Å². The van der Waals surface area contributed by atoms with Gasteiger partial charge in [0.2, 0.25) is 0 Å². The van der Waals surface area contributed by atoms with Gasteiger partial charge in [0.05, 0.1) is 33.5 Å². The van der Waals surface area contributed by atoms with Crippen LogP contribution in [0.25, 0.3) is 23.1 Å². The van der Waals surface area contributed by atoms with Crippen molar-refractivity contribution < 1.29 is 9.47 Å². The molecule has 0 bridgehead atoms. The van der Waals surface area contributed by atoms with Gasteiger partial charge in [-0.25, -0.2) is 0 Å². The first-order valence-electron chi connectivity index (χ1n) is 12.4. The molecule has 6 nitrogen and oxygen atoms in total. The van der Waals surface area contributed by atoms with E-state index < -0.39 is 0 Å². The van der Waals surface area contributed by atoms with Crippen molar-refractivity contribution in [1.82, 2.24) is 20.1 Å². The zero-order valence-electron chi connectivity index (χ0n) is 21.1. The lowest BCUT2D eigenvalue weighted by atomic mass is 10.1. The van der Waals surface area contributed by atoms with E-state index in [0.29, 0.717) is 21.4 Å². The number of hydrogen-bond acceptors (Lipinski definition) is 5. The molecule has 2 aromatic carbocycles. The van der Waals surface area contributed by atoms with Gasteiger partial charge >= 0.3 is 0 Å². The number of nitrogens with zero attached hydrogens (tertiary/aromatic N) is 3. The zero-order chi connectivity index (χ0) is 25.9. The van der Waals surface area contributed by atoms with Crippen LogP contribution in [0.3, 0.4) is 0 Å². The molecule has 0 aliphatic carbocycles. The first kappa shape index (κ1) is 25.7. The average Bonchev–Trinajstić information content (AvgIpc) is 3.25. The fraction of sp³-hybridized carbons (Fsp3) is 0.310. The van der Waals surface area contributed by atoms with E-state index in [1.165, 1.54) is 5.56 Å². The molecule has 0 saturated carbocycles. The predicted molar refractivity (Wildman–Crippen MR) is 150 cm³/mol. The number of benzene rings is 2. The summed E-state index contributed by atoms with van der Waals surface area (Å²) in [5.41, 5.74) is 4.91. The molecule has 1 fully saturated rings. The van der Waals surface area contributed by atoms with Crippen LogP contribution in [0.4, 0.5) is 0 Å². The highest BCUT2D eigenvalue weighted by Gasteiger charge is 2.22. The van der Waals surface area contributed by atoms with Crippen LogP contribution in [0.15, 0.2) is 54.9 Å². The zero-order valence-corrected chi connectivity index (χ0v) is 22.6. The highest BCUT2D eigenvalue weighted by molar-refractivity contribution is 6.35. The number of nitrogens with one attached hydrogen (secondary N) is 1. The molecular weight excluding hydrogens is 507 g/mol. The van der Waals surface area contributed by atoms with E-state index in [4.69, 9.17) is 32.7 Å². The lowest BCUT2D eigenvalue weighted by Crippen LogP contribution is -2.44. The first-order chi connectivity index (χ1) is 17.9. The maximum Gasteiger partial charge on any atom is 0.124 e. The molecule has 0 amide bonds. The number of pyridine rings is 1. The first-order valence-corrected chi connectivity index (χ1v) is 13.2. The average molecular weight is 537 g/mol. The fourth-order valence-electron chi connectivity index (χ4n) is 4.87. The normalized spacial score (nSPS) is 19.5. The Hall–Kier alpha value is -2.90. The van der Waals surface area contributed by atoms with Crippen LogP contribution in [0, 0.1) is 0 Å². The van der Waals surface area contributed by atoms with Gasteiger partial charge in [0.15, 0.2) is 0 Å². The molecule has 5 rings (SSSR count). The number of ether oxygens (including phenoxy) is 2. The molecule has 8 heteroatoms. The Morgan fingerprint density at radius 1 is 1.05 bits per heavy atom. The summed E-state index contributed by atoms with van der Waals surface area (Å²) in [6, 6.07) is 14.5. The van der Waals surface area contributed by atoms with Crippen molar-refractivity contribution in [2.24, 2.45) is 0 Å². The quantitative estimate of drug-likeness (QED) is 0.271. The second-order valence-corrected chi connectivity index (χ2v) is 10.4. The van der Waals surface area contributed by atoms with Gasteiger partial charge in [0, 0.05) is 43.0 Å². The number of rotatable bonds is 7. The van der Waals surface area contributed by atoms with Crippen molar-refractivity contribution in [1.29, 1.82) is 0 Å². The Morgan fingerprint density at radius 3 is 2.46 bits per heavy atom. The second kappa shape index (κ2) is 11.2. The summed E-state index contributed by atoms with van der Waals surface area (Å²) in [4.78, 5) is 6.47. The largest absolute Gasteiger partial charge is 0.486 e. The number of hydrogen-bond donors (Lipinski definition) is 1. The lowest BCUT2D eigenvalue weighted by Gasteiger charge is -2.35. The van der Waals surface area contributed by atoms with Crippen LogP contribution in [-0.4, -0.2) is 45.4 Å². The van der Waals surface area contributed by atoms with Gasteiger partial charge in [0.1, 0.15) is 11.9 Å². The summed E-state index contributed by atoms with van der Waals surface area (Å²) in [5, 5.41) is 9.51. The summed E-state index contributed by atoms with van der Waals surface area (Å²) in [5.74, 6) is 0.705. The maximum absolute atomic E-state index is 6.30. The van der Waals surface area contributed by atoms with Gasteiger partial charge in [-0.3, -0.25) is 15.0 Å². The minimum Gasteiger partial charge on any atom is -0.486 e. The van der Waals surface area contributed by atoms with Gasteiger partial charge in [0.25, 0.3) is 0 Å². The summed E-state index contributed by atoms with van der Waals surface area (Å²) in [6.45, 7) is 9.05. The molecule has 4 aromatic rings. The van der Waals surface area contributed by atoms with Crippen molar-refractivity contribution in [2.75, 3.05) is 13.1 Å². The van der Waals surface area contributed by atoms with E-state index in [1.807, 2.05) is 31.2 Å². The number of fused-ring (bicyclic) bond motifs is 1. The Balaban J connectivity index is 1.28. The van der Waals surface area contributed by atoms with Crippen molar-refractivity contribution in [3.63, 3.8) is 0 Å². The summed E-state index contributed by atoms with van der Waals surface area (Å²) < 4.78 is 12.0. The molecule has 3 atom stereocenters. The van der Waals surface area contributed by atoms with Crippen LogP contribution >= 0.6 is 23.2 Å². The minimum atomic E-state index is -0.339. The Kier molecular flexibility index (Phi) is 7.81. The maximum atomic E-state index is 6.30. The molecule has 3 unspecified atom stereocenters. The van der Waals surface area contributed by atoms with Gasteiger partial charge in [-0.15, -0.1) is 0 Å². The van der Waals surface area contributed by atoms with E-state index in [1.54, 1.807) is 12.4 Å². The van der Waals surface area contributed by atoms with Crippen molar-refractivity contribution in [3.05, 3.63) is 87.3 Å². The lowest BCUT2D eigenvalue weighted by molar-refractivity contribution is -0.0704. The molecule has 3 heterocycles. The second-order valence-electron chi connectivity index (χ2n) is 9.62. The van der Waals surface area contributed by atoms with Crippen LogP contribution < -0.4 is 4.74 Å². The third-order valence-corrected chi connectivity index (χ3v) is 7.09. The summed E-state index contributed by atoms with van der Waals surface area (Å²) >= 11 is 12.6. The number of aromatic amines is 1. The number of aromatic nitrogens is 3. The standard InChI is InChI=1S/C29H30Cl2N4O2/c1-18-15-35(16-19(2)36-18)17-22-6-4-21(5-7-22)8-10-27-24-12-23(9-11-28(24)34-33-27)37-20(3)29-25(30)13-32-14-26(29)31/h4-14,18-20H,15-17H2,1-3H3,(H,33,34)/b10-8+. The monoisotopic (exact) mass is 536 g/mol. The smallest absolute Gasteiger partial charge is 0.124 e. The minimum absolute atomic E-state index is 0.273. The molecular formula is C29H30Cl2N4O2. The summed E-state index contributed by atoms with van der Waals surface area (Å²) in [6.07, 6.45) is 7.44. The van der Waals surface area contributed by atoms with E-state index in [9.17, 15) is 0 Å². The molecule has 1 aliphatic heterocycles.